The van der Waals surface area contributed by atoms with Crippen molar-refractivity contribution in [2.75, 3.05) is 11.4 Å². The van der Waals surface area contributed by atoms with Crippen LogP contribution >= 0.6 is 0 Å². The summed E-state index contributed by atoms with van der Waals surface area (Å²) in [5.41, 5.74) is 12.9. The highest BCUT2D eigenvalue weighted by Gasteiger charge is 2.29. The van der Waals surface area contributed by atoms with Gasteiger partial charge in [0.15, 0.2) is 0 Å². The van der Waals surface area contributed by atoms with Crippen LogP contribution in [0.15, 0.2) is 53.6 Å². The summed E-state index contributed by atoms with van der Waals surface area (Å²) in [4.78, 5) is 17.4. The molecule has 3 rings (SSSR count). The molecule has 146 valence electrons. The summed E-state index contributed by atoms with van der Waals surface area (Å²) >= 11 is 0. The molecule has 0 fully saturated rings. The standard InChI is InChI=1S/C22H26N4O2/c1-22(2,3)14-17-9-10-20-18(13-17)19(24-25-23)11-12-26(20)21(27)28-15-16-7-5-4-6-8-16/h4-10,13,19H,11-12,14-15H2,1-3H3. The number of carbonyl (C=O) groups excluding carboxylic acids is 1. The number of anilines is 1. The number of rotatable bonds is 4. The molecule has 0 aromatic heterocycles. The van der Waals surface area contributed by atoms with Gasteiger partial charge in [-0.2, -0.15) is 0 Å². The number of carbonyl (C=O) groups is 1. The van der Waals surface area contributed by atoms with Crippen molar-refractivity contribution in [1.82, 2.24) is 0 Å². The van der Waals surface area contributed by atoms with Crippen LogP contribution in [-0.2, 0) is 17.8 Å². The minimum Gasteiger partial charge on any atom is -0.444 e. The lowest BCUT2D eigenvalue weighted by molar-refractivity contribution is 0.146. The third-order valence-corrected chi connectivity index (χ3v) is 4.72. The summed E-state index contributed by atoms with van der Waals surface area (Å²) in [6, 6.07) is 15.4. The number of hydrogen-bond acceptors (Lipinski definition) is 3. The fourth-order valence-electron chi connectivity index (χ4n) is 3.54. The number of amides is 1. The topological polar surface area (TPSA) is 78.3 Å². The molecule has 1 atom stereocenters. The van der Waals surface area contributed by atoms with E-state index in [1.807, 2.05) is 42.5 Å². The van der Waals surface area contributed by atoms with Crippen molar-refractivity contribution in [2.45, 2.75) is 46.3 Å². The predicted octanol–water partition coefficient (Wildman–Crippen LogP) is 6.17. The summed E-state index contributed by atoms with van der Waals surface area (Å²) in [6.45, 7) is 7.25. The lowest BCUT2D eigenvalue weighted by atomic mass is 9.86. The number of nitrogens with zero attached hydrogens (tertiary/aromatic N) is 4. The molecule has 0 saturated heterocycles. The molecule has 1 heterocycles. The molecule has 1 unspecified atom stereocenters. The van der Waals surface area contributed by atoms with Crippen molar-refractivity contribution in [2.24, 2.45) is 10.5 Å². The quantitative estimate of drug-likeness (QED) is 0.362. The molecule has 1 amide bonds. The molecule has 0 bridgehead atoms. The Morgan fingerprint density at radius 3 is 2.64 bits per heavy atom. The van der Waals surface area contributed by atoms with Crippen molar-refractivity contribution < 1.29 is 9.53 Å². The van der Waals surface area contributed by atoms with Crippen LogP contribution in [0.25, 0.3) is 10.4 Å². The first kappa shape index (κ1) is 19.8. The molecule has 0 N–H and O–H groups in total. The van der Waals surface area contributed by atoms with Crippen molar-refractivity contribution in [3.63, 3.8) is 0 Å². The highest BCUT2D eigenvalue weighted by atomic mass is 16.6. The molecule has 6 nitrogen and oxygen atoms in total. The van der Waals surface area contributed by atoms with Gasteiger partial charge in [-0.1, -0.05) is 68.4 Å². The van der Waals surface area contributed by atoms with Crippen LogP contribution in [0, 0.1) is 5.41 Å². The number of benzene rings is 2. The largest absolute Gasteiger partial charge is 0.444 e. The van der Waals surface area contributed by atoms with E-state index in [4.69, 9.17) is 10.3 Å². The molecular formula is C22H26N4O2. The van der Waals surface area contributed by atoms with Gasteiger partial charge in [-0.3, -0.25) is 4.90 Å². The second-order valence-corrected chi connectivity index (χ2v) is 8.33. The maximum absolute atomic E-state index is 12.7. The van der Waals surface area contributed by atoms with Crippen LogP contribution in [0.4, 0.5) is 10.5 Å². The van der Waals surface area contributed by atoms with E-state index in [-0.39, 0.29) is 24.2 Å². The van der Waals surface area contributed by atoms with E-state index in [0.717, 1.165) is 23.2 Å². The predicted molar refractivity (Wildman–Crippen MR) is 110 cm³/mol. The first-order valence-corrected chi connectivity index (χ1v) is 9.52. The molecule has 0 radical (unpaired) electrons. The Labute approximate surface area is 165 Å². The van der Waals surface area contributed by atoms with Crippen LogP contribution in [0.2, 0.25) is 0 Å². The molecule has 0 spiro atoms. The van der Waals surface area contributed by atoms with Gasteiger partial charge in [-0.05, 0) is 46.5 Å². The van der Waals surface area contributed by atoms with Crippen molar-refractivity contribution in [3.8, 4) is 0 Å². The van der Waals surface area contributed by atoms with Gasteiger partial charge >= 0.3 is 6.09 Å². The number of hydrogen-bond donors (Lipinski definition) is 0. The molecule has 0 saturated carbocycles. The average Bonchev–Trinajstić information content (AvgIpc) is 2.66. The monoisotopic (exact) mass is 378 g/mol. The second kappa shape index (κ2) is 8.36. The summed E-state index contributed by atoms with van der Waals surface area (Å²) in [5, 5.41) is 3.95. The zero-order valence-electron chi connectivity index (χ0n) is 16.6. The maximum Gasteiger partial charge on any atom is 0.414 e. The Morgan fingerprint density at radius 1 is 1.21 bits per heavy atom. The summed E-state index contributed by atoms with van der Waals surface area (Å²) < 4.78 is 5.51. The minimum atomic E-state index is -0.381. The highest BCUT2D eigenvalue weighted by molar-refractivity contribution is 5.89. The Kier molecular flexibility index (Phi) is 5.90. The molecular weight excluding hydrogens is 352 g/mol. The normalized spacial score (nSPS) is 16.1. The number of fused-ring (bicyclic) bond motifs is 1. The Hall–Kier alpha value is -2.98. The van der Waals surface area contributed by atoms with Crippen LogP contribution < -0.4 is 4.90 Å². The lowest BCUT2D eigenvalue weighted by Gasteiger charge is -2.32. The van der Waals surface area contributed by atoms with Gasteiger partial charge in [0.25, 0.3) is 0 Å². The van der Waals surface area contributed by atoms with Crippen molar-refractivity contribution >= 4 is 11.8 Å². The second-order valence-electron chi connectivity index (χ2n) is 8.33. The van der Waals surface area contributed by atoms with Gasteiger partial charge in [0.05, 0.1) is 11.7 Å². The number of ether oxygens (including phenoxy) is 1. The van der Waals surface area contributed by atoms with Crippen LogP contribution in [-0.4, -0.2) is 12.6 Å². The lowest BCUT2D eigenvalue weighted by Crippen LogP contribution is -2.37. The first-order chi connectivity index (χ1) is 13.4. The van der Waals surface area contributed by atoms with Gasteiger partial charge < -0.3 is 4.74 Å². The minimum absolute atomic E-state index is 0.144. The smallest absolute Gasteiger partial charge is 0.414 e. The summed E-state index contributed by atoms with van der Waals surface area (Å²) in [6.07, 6.45) is 1.10. The fraction of sp³-hybridized carbons (Fsp3) is 0.409. The molecule has 0 aliphatic carbocycles. The van der Waals surface area contributed by atoms with Gasteiger partial charge in [0, 0.05) is 11.5 Å². The van der Waals surface area contributed by atoms with Crippen LogP contribution in [0.3, 0.4) is 0 Å². The van der Waals surface area contributed by atoms with E-state index in [9.17, 15) is 4.79 Å². The zero-order valence-corrected chi connectivity index (χ0v) is 16.6. The SMILES string of the molecule is CC(C)(C)Cc1ccc2c(c1)C(N=[N+]=[N-])CCN2C(=O)OCc1ccccc1. The van der Waals surface area contributed by atoms with Gasteiger partial charge in [-0.15, -0.1) is 0 Å². The third kappa shape index (κ3) is 4.84. The Balaban J connectivity index is 1.83. The molecule has 1 aliphatic heterocycles. The van der Waals surface area contributed by atoms with Crippen molar-refractivity contribution in [3.05, 3.63) is 75.7 Å². The number of azide groups is 1. The highest BCUT2D eigenvalue weighted by Crippen LogP contribution is 2.38. The third-order valence-electron chi connectivity index (χ3n) is 4.72. The molecule has 2 aromatic carbocycles. The average molecular weight is 378 g/mol. The van der Waals surface area contributed by atoms with Crippen LogP contribution in [0.1, 0.15) is 49.9 Å². The molecule has 6 heteroatoms. The van der Waals surface area contributed by atoms with Crippen LogP contribution in [0.5, 0.6) is 0 Å². The van der Waals surface area contributed by atoms with E-state index >= 15 is 0 Å². The summed E-state index contributed by atoms with van der Waals surface area (Å²) in [5.74, 6) is 0. The van der Waals surface area contributed by atoms with E-state index in [1.54, 1.807) is 4.90 Å². The van der Waals surface area contributed by atoms with E-state index in [0.29, 0.717) is 13.0 Å². The van der Waals surface area contributed by atoms with E-state index < -0.39 is 0 Å². The zero-order chi connectivity index (χ0) is 20.1. The molecule has 28 heavy (non-hydrogen) atoms. The van der Waals surface area contributed by atoms with E-state index in [1.165, 1.54) is 5.56 Å². The Morgan fingerprint density at radius 2 is 1.96 bits per heavy atom. The van der Waals surface area contributed by atoms with E-state index in [2.05, 4.69) is 36.9 Å². The summed E-state index contributed by atoms with van der Waals surface area (Å²) in [7, 11) is 0. The fourth-order valence-corrected chi connectivity index (χ4v) is 3.54. The molecule has 1 aliphatic rings. The maximum atomic E-state index is 12.7. The van der Waals surface area contributed by atoms with Gasteiger partial charge in [-0.25, -0.2) is 4.79 Å². The van der Waals surface area contributed by atoms with Gasteiger partial charge in [0.1, 0.15) is 6.61 Å². The van der Waals surface area contributed by atoms with Crippen molar-refractivity contribution in [1.29, 1.82) is 0 Å². The van der Waals surface area contributed by atoms with Gasteiger partial charge in [0.2, 0.25) is 0 Å². The Bertz CT molecular complexity index is 883. The first-order valence-electron chi connectivity index (χ1n) is 9.52. The molecule has 2 aromatic rings.